The van der Waals surface area contributed by atoms with Crippen LogP contribution in [-0.2, 0) is 13.5 Å². The number of anilines is 1. The van der Waals surface area contributed by atoms with Crippen LogP contribution in [0.1, 0.15) is 72.2 Å². The first-order valence-electron chi connectivity index (χ1n) is 13.4. The molecule has 6 rings (SSSR count). The van der Waals surface area contributed by atoms with Crippen LogP contribution in [0.25, 0.3) is 16.4 Å². The van der Waals surface area contributed by atoms with Crippen LogP contribution in [0.4, 0.5) is 5.82 Å². The van der Waals surface area contributed by atoms with Gasteiger partial charge < -0.3 is 16.0 Å². The smallest absolute Gasteiger partial charge is 0.260 e. The largest absolute Gasteiger partial charge is 0.381 e. The van der Waals surface area contributed by atoms with E-state index >= 15 is 0 Å². The van der Waals surface area contributed by atoms with Crippen molar-refractivity contribution in [1.29, 1.82) is 0 Å². The quantitative estimate of drug-likeness (QED) is 0.338. The van der Waals surface area contributed by atoms with E-state index in [4.69, 9.17) is 11.5 Å². The Morgan fingerprint density at radius 1 is 1.15 bits per heavy atom. The van der Waals surface area contributed by atoms with Crippen LogP contribution in [0.5, 0.6) is 0 Å². The van der Waals surface area contributed by atoms with Crippen LogP contribution in [0.3, 0.4) is 0 Å². The lowest BCUT2D eigenvalue weighted by molar-refractivity contribution is 0.100. The number of aryl methyl sites for hydroxylation is 2. The van der Waals surface area contributed by atoms with Crippen molar-refractivity contribution in [2.24, 2.45) is 12.8 Å². The molecule has 10 nitrogen and oxygen atoms in total. The summed E-state index contributed by atoms with van der Waals surface area (Å²) in [5.74, 6) is 5.84. The second-order valence-corrected chi connectivity index (χ2v) is 9.89. The van der Waals surface area contributed by atoms with Crippen molar-refractivity contribution in [2.75, 3.05) is 5.73 Å². The first-order chi connectivity index (χ1) is 19.4. The van der Waals surface area contributed by atoms with Gasteiger partial charge in [0.15, 0.2) is 11.5 Å². The van der Waals surface area contributed by atoms with E-state index in [0.29, 0.717) is 11.7 Å². The monoisotopic (exact) mass is 536 g/mol. The molecule has 0 saturated heterocycles. The number of hydrogen-bond donors (Lipinski definition) is 2. The number of benzene rings is 1. The minimum absolute atomic E-state index is 0.103. The molecule has 1 aliphatic rings. The molecule has 0 radical (unpaired) electrons. The standard InChI is InChI=1S/C23H25N3O.C7H7N5O/c1-3-20-14-19-9-7-8-18(13-12-17-15-24-25(2)16-17)22(19)23(27)26(20)21-10-5-4-6-11-21;8-5-4(6(9)13)7-10-2-1-3-12(7)11-5/h7-9,14-16,21H,3-6,10-11H2,1-2H3;1-3H,(H2,8,11)(H2,9,13). The summed E-state index contributed by atoms with van der Waals surface area (Å²) in [5.41, 5.74) is 14.1. The molecule has 40 heavy (non-hydrogen) atoms. The van der Waals surface area contributed by atoms with Gasteiger partial charge in [-0.1, -0.05) is 50.2 Å². The number of primary amides is 1. The van der Waals surface area contributed by atoms with Crippen molar-refractivity contribution in [2.45, 2.75) is 51.5 Å². The van der Waals surface area contributed by atoms with Crippen LogP contribution in [0.15, 0.2) is 59.9 Å². The number of nitrogen functional groups attached to an aromatic ring is 1. The lowest BCUT2D eigenvalue weighted by atomic mass is 9.94. The summed E-state index contributed by atoms with van der Waals surface area (Å²) in [4.78, 5) is 28.4. The first-order valence-corrected chi connectivity index (χ1v) is 13.4. The van der Waals surface area contributed by atoms with E-state index in [1.54, 1.807) is 29.3 Å². The van der Waals surface area contributed by atoms with Crippen molar-refractivity contribution in [3.05, 3.63) is 87.9 Å². The molecule has 10 heteroatoms. The summed E-state index contributed by atoms with van der Waals surface area (Å²) in [6, 6.07) is 10.1. The molecule has 4 aromatic heterocycles. The molecular formula is C30H32N8O2. The average molecular weight is 537 g/mol. The van der Waals surface area contributed by atoms with Gasteiger partial charge in [0.05, 0.1) is 17.1 Å². The molecule has 0 atom stereocenters. The minimum atomic E-state index is -0.619. The normalized spacial score (nSPS) is 13.4. The van der Waals surface area contributed by atoms with Crippen molar-refractivity contribution in [3.8, 4) is 11.8 Å². The van der Waals surface area contributed by atoms with E-state index in [9.17, 15) is 9.59 Å². The number of carbonyl (C=O) groups excluding carboxylic acids is 1. The molecule has 0 bridgehead atoms. The zero-order valence-corrected chi connectivity index (χ0v) is 22.7. The zero-order chi connectivity index (χ0) is 28.2. The molecule has 5 aromatic rings. The maximum absolute atomic E-state index is 13.5. The summed E-state index contributed by atoms with van der Waals surface area (Å²) < 4.78 is 5.21. The molecule has 1 aromatic carbocycles. The number of aromatic nitrogens is 6. The molecule has 1 fully saturated rings. The second kappa shape index (κ2) is 11.5. The highest BCUT2D eigenvalue weighted by atomic mass is 16.1. The zero-order valence-electron chi connectivity index (χ0n) is 22.7. The fourth-order valence-electron chi connectivity index (χ4n) is 5.31. The highest BCUT2D eigenvalue weighted by Crippen LogP contribution is 2.29. The molecule has 1 amide bonds. The summed E-state index contributed by atoms with van der Waals surface area (Å²) in [5, 5.41) is 9.76. The van der Waals surface area contributed by atoms with Gasteiger partial charge in [0.2, 0.25) is 0 Å². The van der Waals surface area contributed by atoms with Gasteiger partial charge in [-0.05, 0) is 42.8 Å². The number of amides is 1. The molecule has 1 aliphatic carbocycles. The lowest BCUT2D eigenvalue weighted by Gasteiger charge is -2.27. The van der Waals surface area contributed by atoms with Crippen LogP contribution in [0.2, 0.25) is 0 Å². The highest BCUT2D eigenvalue weighted by Gasteiger charge is 2.21. The third kappa shape index (κ3) is 5.31. The maximum Gasteiger partial charge on any atom is 0.260 e. The fourth-order valence-corrected chi connectivity index (χ4v) is 5.31. The molecule has 1 saturated carbocycles. The van der Waals surface area contributed by atoms with E-state index in [-0.39, 0.29) is 16.9 Å². The molecule has 4 heterocycles. The molecule has 0 aliphatic heterocycles. The number of rotatable bonds is 3. The van der Waals surface area contributed by atoms with Gasteiger partial charge >= 0.3 is 0 Å². The van der Waals surface area contributed by atoms with Crippen molar-refractivity contribution in [3.63, 3.8) is 0 Å². The second-order valence-electron chi connectivity index (χ2n) is 9.89. The number of nitrogens with zero attached hydrogens (tertiary/aromatic N) is 6. The summed E-state index contributed by atoms with van der Waals surface area (Å²) in [6.07, 6.45) is 13.6. The van der Waals surface area contributed by atoms with E-state index in [0.717, 1.165) is 46.9 Å². The van der Waals surface area contributed by atoms with Crippen LogP contribution in [-0.4, -0.2) is 34.9 Å². The molecular weight excluding hydrogens is 504 g/mol. The Kier molecular flexibility index (Phi) is 7.64. The third-order valence-electron chi connectivity index (χ3n) is 7.18. The van der Waals surface area contributed by atoms with E-state index < -0.39 is 5.91 Å². The molecule has 4 N–H and O–H groups in total. The minimum Gasteiger partial charge on any atom is -0.381 e. The molecule has 0 spiro atoms. The van der Waals surface area contributed by atoms with Gasteiger partial charge in [-0.25, -0.2) is 9.50 Å². The third-order valence-corrected chi connectivity index (χ3v) is 7.18. The predicted molar refractivity (Wildman–Crippen MR) is 155 cm³/mol. The van der Waals surface area contributed by atoms with E-state index in [1.165, 1.54) is 23.8 Å². The van der Waals surface area contributed by atoms with Crippen LogP contribution < -0.4 is 17.0 Å². The topological polar surface area (TPSA) is 139 Å². The Morgan fingerprint density at radius 2 is 1.95 bits per heavy atom. The van der Waals surface area contributed by atoms with E-state index in [2.05, 4.69) is 44.6 Å². The van der Waals surface area contributed by atoms with Crippen molar-refractivity contribution >= 4 is 28.1 Å². The Hall–Kier alpha value is -4.91. The fraction of sp³-hybridized carbons (Fsp3) is 0.300. The first kappa shape index (κ1) is 26.7. The van der Waals surface area contributed by atoms with E-state index in [1.807, 2.05) is 31.4 Å². The number of carbonyl (C=O) groups is 1. The summed E-state index contributed by atoms with van der Waals surface area (Å²) in [7, 11) is 1.87. The number of nitrogens with two attached hydrogens (primary N) is 2. The highest BCUT2D eigenvalue weighted by molar-refractivity contribution is 6.03. The Labute approximate surface area is 231 Å². The van der Waals surface area contributed by atoms with Gasteiger partial charge in [0, 0.05) is 42.9 Å². The SMILES string of the molecule is CCc1cc2cccc(C#Cc3cnn(C)c3)c2c(=O)n1C1CCCCC1.NC(=O)c1c(N)nn2cccnc12. The van der Waals surface area contributed by atoms with Gasteiger partial charge in [-0.2, -0.15) is 5.10 Å². The van der Waals surface area contributed by atoms with Gasteiger partial charge in [-0.3, -0.25) is 14.3 Å². The number of fused-ring (bicyclic) bond motifs is 2. The number of pyridine rings is 1. The Morgan fingerprint density at radius 3 is 2.65 bits per heavy atom. The lowest BCUT2D eigenvalue weighted by Crippen LogP contribution is -2.29. The predicted octanol–water partition coefficient (Wildman–Crippen LogP) is 3.61. The number of hydrogen-bond acceptors (Lipinski definition) is 6. The van der Waals surface area contributed by atoms with Gasteiger partial charge in [0.1, 0.15) is 5.56 Å². The van der Waals surface area contributed by atoms with Crippen LogP contribution in [0, 0.1) is 11.8 Å². The summed E-state index contributed by atoms with van der Waals surface area (Å²) >= 11 is 0. The maximum atomic E-state index is 13.5. The molecule has 204 valence electrons. The Bertz CT molecular complexity index is 1810. The van der Waals surface area contributed by atoms with Gasteiger partial charge in [-0.15, -0.1) is 5.10 Å². The van der Waals surface area contributed by atoms with Crippen molar-refractivity contribution in [1.82, 2.24) is 28.9 Å². The Balaban J connectivity index is 0.000000207. The van der Waals surface area contributed by atoms with Crippen LogP contribution >= 0.6 is 0 Å². The molecule has 0 unspecified atom stereocenters. The average Bonchev–Trinajstić information content (AvgIpc) is 3.53. The summed E-state index contributed by atoms with van der Waals surface area (Å²) in [6.45, 7) is 2.13. The van der Waals surface area contributed by atoms with Crippen molar-refractivity contribution < 1.29 is 4.79 Å². The van der Waals surface area contributed by atoms with Gasteiger partial charge in [0.25, 0.3) is 11.5 Å².